The molecule has 86 valence electrons. The normalized spacial score (nSPS) is 13.4. The number of aryl methyl sites for hydroxylation is 2. The standard InChI is InChI=1S/C12H23N3/c1-4-10(5-2)11(13)6-7-12-14-8-9-15(12)3/h8-11H,4-7,13H2,1-3H3. The lowest BCUT2D eigenvalue weighted by atomic mass is 9.91. The minimum absolute atomic E-state index is 0.316. The van der Waals surface area contributed by atoms with E-state index in [1.54, 1.807) is 0 Å². The molecule has 0 bridgehead atoms. The van der Waals surface area contributed by atoms with Gasteiger partial charge in [0.1, 0.15) is 5.82 Å². The first-order valence-electron chi connectivity index (χ1n) is 5.90. The van der Waals surface area contributed by atoms with Crippen LogP contribution in [0.5, 0.6) is 0 Å². The lowest BCUT2D eigenvalue weighted by Gasteiger charge is -2.20. The van der Waals surface area contributed by atoms with Crippen LogP contribution in [0.2, 0.25) is 0 Å². The zero-order valence-electron chi connectivity index (χ0n) is 10.1. The highest BCUT2D eigenvalue weighted by atomic mass is 15.0. The van der Waals surface area contributed by atoms with E-state index >= 15 is 0 Å². The predicted octanol–water partition coefficient (Wildman–Crippen LogP) is 2.12. The highest BCUT2D eigenvalue weighted by molar-refractivity contribution is 4.92. The van der Waals surface area contributed by atoms with Crippen LogP contribution < -0.4 is 5.73 Å². The zero-order valence-corrected chi connectivity index (χ0v) is 10.1. The second-order valence-corrected chi connectivity index (χ2v) is 4.23. The van der Waals surface area contributed by atoms with Crippen molar-refractivity contribution in [2.45, 2.75) is 45.6 Å². The summed E-state index contributed by atoms with van der Waals surface area (Å²) >= 11 is 0. The molecule has 0 spiro atoms. The first kappa shape index (κ1) is 12.2. The maximum absolute atomic E-state index is 6.17. The Hall–Kier alpha value is -0.830. The second kappa shape index (κ2) is 5.91. The fourth-order valence-electron chi connectivity index (χ4n) is 2.06. The second-order valence-electron chi connectivity index (χ2n) is 4.23. The van der Waals surface area contributed by atoms with Gasteiger partial charge < -0.3 is 10.3 Å². The van der Waals surface area contributed by atoms with E-state index in [0.29, 0.717) is 12.0 Å². The molecule has 0 saturated carbocycles. The largest absolute Gasteiger partial charge is 0.338 e. The van der Waals surface area contributed by atoms with Crippen LogP contribution in [0.25, 0.3) is 0 Å². The number of aromatic nitrogens is 2. The smallest absolute Gasteiger partial charge is 0.108 e. The third kappa shape index (κ3) is 3.34. The molecule has 1 atom stereocenters. The van der Waals surface area contributed by atoms with Crippen molar-refractivity contribution in [3.63, 3.8) is 0 Å². The highest BCUT2D eigenvalue weighted by Crippen LogP contribution is 2.15. The van der Waals surface area contributed by atoms with Gasteiger partial charge in [-0.1, -0.05) is 26.7 Å². The van der Waals surface area contributed by atoms with Crippen molar-refractivity contribution in [3.8, 4) is 0 Å². The fourth-order valence-corrected chi connectivity index (χ4v) is 2.06. The van der Waals surface area contributed by atoms with Crippen molar-refractivity contribution in [3.05, 3.63) is 18.2 Å². The van der Waals surface area contributed by atoms with Crippen molar-refractivity contribution in [2.75, 3.05) is 0 Å². The topological polar surface area (TPSA) is 43.8 Å². The number of hydrogen-bond acceptors (Lipinski definition) is 2. The van der Waals surface area contributed by atoms with E-state index in [2.05, 4.69) is 23.4 Å². The summed E-state index contributed by atoms with van der Waals surface area (Å²) in [7, 11) is 2.03. The summed E-state index contributed by atoms with van der Waals surface area (Å²) in [5, 5.41) is 0. The number of nitrogens with zero attached hydrogens (tertiary/aromatic N) is 2. The maximum atomic E-state index is 6.17. The van der Waals surface area contributed by atoms with E-state index in [9.17, 15) is 0 Å². The molecule has 2 N–H and O–H groups in total. The Kier molecular flexibility index (Phi) is 4.82. The molecule has 1 aromatic heterocycles. The Bertz CT molecular complexity index is 276. The monoisotopic (exact) mass is 209 g/mol. The quantitative estimate of drug-likeness (QED) is 0.780. The van der Waals surface area contributed by atoms with Gasteiger partial charge in [-0.15, -0.1) is 0 Å². The third-order valence-corrected chi connectivity index (χ3v) is 3.28. The van der Waals surface area contributed by atoms with Crippen LogP contribution in [0, 0.1) is 5.92 Å². The molecule has 0 aliphatic carbocycles. The number of rotatable bonds is 6. The molecule has 1 heterocycles. The van der Waals surface area contributed by atoms with Gasteiger partial charge in [0.05, 0.1) is 0 Å². The van der Waals surface area contributed by atoms with Crippen LogP contribution >= 0.6 is 0 Å². The first-order valence-corrected chi connectivity index (χ1v) is 5.90. The molecule has 0 fully saturated rings. The molecule has 0 amide bonds. The summed E-state index contributed by atoms with van der Waals surface area (Å²) in [6.07, 6.45) is 8.21. The molecular weight excluding hydrogens is 186 g/mol. The van der Waals surface area contributed by atoms with Gasteiger partial charge in [-0.3, -0.25) is 0 Å². The highest BCUT2D eigenvalue weighted by Gasteiger charge is 2.14. The van der Waals surface area contributed by atoms with Crippen molar-refractivity contribution in [1.29, 1.82) is 0 Å². The van der Waals surface area contributed by atoms with Crippen LogP contribution in [0.15, 0.2) is 12.4 Å². The van der Waals surface area contributed by atoms with Gasteiger partial charge in [-0.2, -0.15) is 0 Å². The van der Waals surface area contributed by atoms with Gasteiger partial charge >= 0.3 is 0 Å². The maximum Gasteiger partial charge on any atom is 0.108 e. The number of hydrogen-bond donors (Lipinski definition) is 1. The molecule has 0 radical (unpaired) electrons. The summed E-state index contributed by atoms with van der Waals surface area (Å²) in [5.74, 6) is 1.79. The Morgan fingerprint density at radius 2 is 2.07 bits per heavy atom. The minimum atomic E-state index is 0.316. The van der Waals surface area contributed by atoms with Gasteiger partial charge in [-0.25, -0.2) is 4.98 Å². The molecule has 3 nitrogen and oxygen atoms in total. The van der Waals surface area contributed by atoms with E-state index in [4.69, 9.17) is 5.73 Å². The molecule has 1 aromatic rings. The number of imidazole rings is 1. The molecule has 1 rings (SSSR count). The van der Waals surface area contributed by atoms with Crippen molar-refractivity contribution in [2.24, 2.45) is 18.7 Å². The average Bonchev–Trinajstić information content (AvgIpc) is 2.63. The van der Waals surface area contributed by atoms with E-state index in [0.717, 1.165) is 18.7 Å². The van der Waals surface area contributed by atoms with E-state index in [1.165, 1.54) is 12.8 Å². The van der Waals surface area contributed by atoms with Crippen molar-refractivity contribution >= 4 is 0 Å². The van der Waals surface area contributed by atoms with Gasteiger partial charge in [0.15, 0.2) is 0 Å². The molecule has 15 heavy (non-hydrogen) atoms. The van der Waals surface area contributed by atoms with Crippen LogP contribution in [0.3, 0.4) is 0 Å². The van der Waals surface area contributed by atoms with Crippen LogP contribution in [0.1, 0.15) is 38.9 Å². The Balaban J connectivity index is 2.40. The summed E-state index contributed by atoms with van der Waals surface area (Å²) < 4.78 is 2.07. The molecule has 1 unspecified atom stereocenters. The lowest BCUT2D eigenvalue weighted by molar-refractivity contribution is 0.375. The lowest BCUT2D eigenvalue weighted by Crippen LogP contribution is -2.30. The van der Waals surface area contributed by atoms with Gasteiger partial charge in [0.25, 0.3) is 0 Å². The van der Waals surface area contributed by atoms with Crippen LogP contribution in [0.4, 0.5) is 0 Å². The summed E-state index contributed by atoms with van der Waals surface area (Å²) in [6.45, 7) is 4.43. The Morgan fingerprint density at radius 1 is 1.40 bits per heavy atom. The summed E-state index contributed by atoms with van der Waals surface area (Å²) in [6, 6.07) is 0.316. The Labute approximate surface area is 92.7 Å². The zero-order chi connectivity index (χ0) is 11.3. The molecule has 0 aliphatic heterocycles. The molecule has 3 heteroatoms. The van der Waals surface area contributed by atoms with Gasteiger partial charge in [-0.05, 0) is 12.3 Å². The van der Waals surface area contributed by atoms with E-state index in [-0.39, 0.29) is 0 Å². The van der Waals surface area contributed by atoms with Crippen molar-refractivity contribution in [1.82, 2.24) is 9.55 Å². The van der Waals surface area contributed by atoms with Crippen LogP contribution in [-0.4, -0.2) is 15.6 Å². The predicted molar refractivity (Wildman–Crippen MR) is 63.6 cm³/mol. The molecule has 0 aromatic carbocycles. The third-order valence-electron chi connectivity index (χ3n) is 3.28. The molecule has 0 saturated heterocycles. The molecular formula is C12H23N3. The van der Waals surface area contributed by atoms with Gasteiger partial charge in [0, 0.05) is 31.9 Å². The average molecular weight is 209 g/mol. The van der Waals surface area contributed by atoms with Gasteiger partial charge in [0.2, 0.25) is 0 Å². The van der Waals surface area contributed by atoms with E-state index in [1.807, 2.05) is 19.4 Å². The first-order chi connectivity index (χ1) is 7.19. The van der Waals surface area contributed by atoms with Crippen molar-refractivity contribution < 1.29 is 0 Å². The summed E-state index contributed by atoms with van der Waals surface area (Å²) in [5.41, 5.74) is 6.17. The fraction of sp³-hybridized carbons (Fsp3) is 0.750. The Morgan fingerprint density at radius 3 is 2.53 bits per heavy atom. The summed E-state index contributed by atoms with van der Waals surface area (Å²) in [4.78, 5) is 4.31. The SMILES string of the molecule is CCC(CC)C(N)CCc1nccn1C. The van der Waals surface area contributed by atoms with Crippen LogP contribution in [-0.2, 0) is 13.5 Å². The minimum Gasteiger partial charge on any atom is -0.338 e. The number of nitrogens with two attached hydrogens (primary N) is 1. The van der Waals surface area contributed by atoms with E-state index < -0.39 is 0 Å². The molecule has 0 aliphatic rings.